The molecule has 7 rings (SSSR count). The number of carbonyl (C=O) groups excluding carboxylic acids is 3. The first-order valence-electron chi connectivity index (χ1n) is 15.6. The number of aromatic nitrogens is 6. The summed E-state index contributed by atoms with van der Waals surface area (Å²) in [5.74, 6) is 0.766. The number of imide groups is 1. The molecule has 1 saturated heterocycles. The fraction of sp³-hybridized carbons (Fsp3) is 0.438. The van der Waals surface area contributed by atoms with Crippen LogP contribution in [0.25, 0.3) is 5.65 Å². The number of hydrogen-bond acceptors (Lipinski definition) is 11. The second-order valence-corrected chi connectivity index (χ2v) is 12.5. The minimum absolute atomic E-state index is 0.0382. The maximum atomic E-state index is 13.2. The predicted molar refractivity (Wildman–Crippen MR) is 169 cm³/mol. The Kier molecular flexibility index (Phi) is 7.91. The van der Waals surface area contributed by atoms with Gasteiger partial charge < -0.3 is 24.1 Å². The summed E-state index contributed by atoms with van der Waals surface area (Å²) >= 11 is 0. The third-order valence-corrected chi connectivity index (χ3v) is 8.47. The number of nitrogens with zero attached hydrogens (tertiary/aromatic N) is 9. The van der Waals surface area contributed by atoms with Gasteiger partial charge in [-0.2, -0.15) is 9.97 Å². The summed E-state index contributed by atoms with van der Waals surface area (Å²) in [6.45, 7) is 2.89. The zero-order chi connectivity index (χ0) is 32.8. The predicted octanol–water partition coefficient (Wildman–Crippen LogP) is 2.76. The Bertz CT molecular complexity index is 1870. The maximum Gasteiger partial charge on any atom is 0.331 e. The third kappa shape index (κ3) is 6.56. The second-order valence-electron chi connectivity index (χ2n) is 12.5. The summed E-state index contributed by atoms with van der Waals surface area (Å²) in [4.78, 5) is 65.3. The van der Waals surface area contributed by atoms with Crippen LogP contribution in [0.2, 0.25) is 0 Å². The van der Waals surface area contributed by atoms with E-state index >= 15 is 0 Å². The summed E-state index contributed by atoms with van der Waals surface area (Å²) in [6.07, 6.45) is 8.38. The van der Waals surface area contributed by atoms with Crippen LogP contribution in [0.3, 0.4) is 0 Å². The molecule has 2 atom stereocenters. The van der Waals surface area contributed by atoms with Gasteiger partial charge in [-0.1, -0.05) is 0 Å². The minimum atomic E-state index is -0.382. The molecule has 2 saturated carbocycles. The zero-order valence-electron chi connectivity index (χ0n) is 26.7. The van der Waals surface area contributed by atoms with Crippen LogP contribution >= 0.6 is 0 Å². The van der Waals surface area contributed by atoms with Crippen molar-refractivity contribution in [3.63, 3.8) is 0 Å². The number of likely N-dealkylation sites (N-methyl/N-ethyl adjacent to an activating group) is 2. The highest BCUT2D eigenvalue weighted by atomic mass is 16.5. The molecule has 244 valence electrons. The van der Waals surface area contributed by atoms with E-state index < -0.39 is 0 Å². The molecule has 15 nitrogen and oxygen atoms in total. The lowest BCUT2D eigenvalue weighted by Gasteiger charge is -2.17. The fourth-order valence-electron chi connectivity index (χ4n) is 5.56. The molecule has 1 aliphatic heterocycles. The van der Waals surface area contributed by atoms with Crippen LogP contribution in [-0.2, 0) is 16.2 Å². The Morgan fingerprint density at radius 3 is 2.64 bits per heavy atom. The quantitative estimate of drug-likeness (QED) is 0.227. The molecule has 15 heteroatoms. The van der Waals surface area contributed by atoms with Gasteiger partial charge in [0.05, 0.1) is 11.4 Å². The number of aryl methyl sites for hydroxylation is 1. The van der Waals surface area contributed by atoms with E-state index in [9.17, 15) is 14.4 Å². The number of pyridine rings is 1. The van der Waals surface area contributed by atoms with Crippen LogP contribution < -0.4 is 19.7 Å². The lowest BCUT2D eigenvalue weighted by Crippen LogP contribution is -2.30. The van der Waals surface area contributed by atoms with E-state index in [0.29, 0.717) is 48.3 Å². The van der Waals surface area contributed by atoms with Crippen molar-refractivity contribution in [2.45, 2.75) is 44.6 Å². The van der Waals surface area contributed by atoms with Crippen LogP contribution in [0.4, 0.5) is 16.3 Å². The number of hydrogen-bond donors (Lipinski definition) is 1. The average Bonchev–Trinajstić information content (AvgIpc) is 3.97. The second kappa shape index (κ2) is 12.2. The van der Waals surface area contributed by atoms with Gasteiger partial charge in [0.2, 0.25) is 17.7 Å². The van der Waals surface area contributed by atoms with Gasteiger partial charge in [-0.15, -0.1) is 0 Å². The summed E-state index contributed by atoms with van der Waals surface area (Å²) in [6, 6.07) is 5.02. The Hall–Kier alpha value is -5.18. The van der Waals surface area contributed by atoms with Crippen molar-refractivity contribution in [3.8, 4) is 11.9 Å². The van der Waals surface area contributed by atoms with Crippen molar-refractivity contribution in [2.75, 3.05) is 51.1 Å². The van der Waals surface area contributed by atoms with Crippen molar-refractivity contribution >= 4 is 35.0 Å². The number of anilines is 2. The number of ether oxygens (including phenoxy) is 2. The van der Waals surface area contributed by atoms with E-state index in [4.69, 9.17) is 14.5 Å². The SMILES string of the molecule is Cc1ccnc(C2CC2C(=O)Nc2cc(OCc3cn4cc(C5CC5)cc(N5CC(=O)N(C)C5=O)c4n3)nc(OCCN(C)C)n2)n1. The molecule has 0 spiro atoms. The van der Waals surface area contributed by atoms with E-state index in [-0.39, 0.29) is 60.5 Å². The van der Waals surface area contributed by atoms with Crippen LogP contribution in [0.5, 0.6) is 11.9 Å². The van der Waals surface area contributed by atoms with Crippen LogP contribution in [0, 0.1) is 12.8 Å². The van der Waals surface area contributed by atoms with Crippen molar-refractivity contribution < 1.29 is 23.9 Å². The molecule has 2 aliphatic carbocycles. The average molecular weight is 641 g/mol. The molecule has 0 aromatic carbocycles. The Morgan fingerprint density at radius 1 is 1.09 bits per heavy atom. The van der Waals surface area contributed by atoms with Gasteiger partial charge in [-0.3, -0.25) is 19.4 Å². The van der Waals surface area contributed by atoms with Crippen molar-refractivity contribution in [2.24, 2.45) is 5.92 Å². The largest absolute Gasteiger partial charge is 0.471 e. The Labute approximate surface area is 270 Å². The van der Waals surface area contributed by atoms with Crippen molar-refractivity contribution in [1.29, 1.82) is 0 Å². The van der Waals surface area contributed by atoms with Gasteiger partial charge in [0.1, 0.15) is 31.4 Å². The molecular formula is C32H36N10O5. The molecule has 4 aromatic heterocycles. The van der Waals surface area contributed by atoms with Gasteiger partial charge in [0.15, 0.2) is 5.65 Å². The monoisotopic (exact) mass is 640 g/mol. The molecule has 47 heavy (non-hydrogen) atoms. The van der Waals surface area contributed by atoms with Gasteiger partial charge in [0, 0.05) is 55.8 Å². The molecule has 3 aliphatic rings. The van der Waals surface area contributed by atoms with E-state index in [1.165, 1.54) is 11.9 Å². The number of carbonyl (C=O) groups is 3. The van der Waals surface area contributed by atoms with Gasteiger partial charge in [-0.25, -0.2) is 19.7 Å². The molecule has 0 bridgehead atoms. The first-order chi connectivity index (χ1) is 22.6. The van der Waals surface area contributed by atoms with Crippen molar-refractivity contribution in [3.05, 3.63) is 59.6 Å². The molecule has 4 amide bonds. The Balaban J connectivity index is 1.10. The first-order valence-corrected chi connectivity index (χ1v) is 15.6. The molecule has 5 heterocycles. The highest BCUT2D eigenvalue weighted by molar-refractivity contribution is 6.13. The zero-order valence-corrected chi connectivity index (χ0v) is 26.7. The first kappa shape index (κ1) is 30.5. The van der Waals surface area contributed by atoms with Gasteiger partial charge >= 0.3 is 12.0 Å². The number of amides is 4. The summed E-state index contributed by atoms with van der Waals surface area (Å²) in [7, 11) is 5.35. The van der Waals surface area contributed by atoms with Gasteiger partial charge in [-0.05, 0) is 63.9 Å². The van der Waals surface area contributed by atoms with Crippen LogP contribution in [0.15, 0.2) is 36.8 Å². The van der Waals surface area contributed by atoms with Crippen LogP contribution in [0.1, 0.15) is 53.9 Å². The summed E-state index contributed by atoms with van der Waals surface area (Å²) < 4.78 is 13.7. The minimum Gasteiger partial charge on any atom is -0.471 e. The molecular weight excluding hydrogens is 604 g/mol. The van der Waals surface area contributed by atoms with E-state index in [1.807, 2.05) is 54.8 Å². The Morgan fingerprint density at radius 2 is 1.91 bits per heavy atom. The van der Waals surface area contributed by atoms with E-state index in [1.54, 1.807) is 12.3 Å². The lowest BCUT2D eigenvalue weighted by atomic mass is 10.1. The maximum absolute atomic E-state index is 13.2. The number of nitrogens with one attached hydrogen (secondary N) is 1. The summed E-state index contributed by atoms with van der Waals surface area (Å²) in [5.41, 5.74) is 3.67. The standard InChI is InChI=1S/C32H36N10O5/c1-18-7-8-33-28(34-18)22-12-23(22)30(44)36-25-13-26(38-31(37-25)46-10-9-39(2)3)47-17-21-15-41-14-20(19-5-6-19)11-24(29(41)35-21)42-16-27(43)40(4)32(42)45/h7-8,11,13-15,19,22-23H,5-6,9-10,12,16-17H2,1-4H3,(H,36,37,38,44). The van der Waals surface area contributed by atoms with E-state index in [2.05, 4.69) is 25.3 Å². The highest BCUT2D eigenvalue weighted by Crippen LogP contribution is 2.46. The number of urea groups is 1. The molecule has 1 N–H and O–H groups in total. The molecule has 2 unspecified atom stereocenters. The molecule has 0 radical (unpaired) electrons. The molecule has 4 aromatic rings. The fourth-order valence-corrected chi connectivity index (χ4v) is 5.56. The van der Waals surface area contributed by atoms with Crippen molar-refractivity contribution in [1.82, 2.24) is 39.1 Å². The normalized spacial score (nSPS) is 19.2. The highest BCUT2D eigenvalue weighted by Gasteiger charge is 2.46. The van der Waals surface area contributed by atoms with Crippen LogP contribution in [-0.4, -0.2) is 97.8 Å². The third-order valence-electron chi connectivity index (χ3n) is 8.47. The topological polar surface area (TPSA) is 160 Å². The smallest absolute Gasteiger partial charge is 0.331 e. The molecule has 3 fully saturated rings. The number of imidazole rings is 1. The van der Waals surface area contributed by atoms with E-state index in [0.717, 1.165) is 29.0 Å². The number of fused-ring (bicyclic) bond motifs is 1. The van der Waals surface area contributed by atoms with Gasteiger partial charge in [0.25, 0.3) is 0 Å². The lowest BCUT2D eigenvalue weighted by molar-refractivity contribution is -0.124. The summed E-state index contributed by atoms with van der Waals surface area (Å²) in [5, 5.41) is 2.89. The number of rotatable bonds is 12.